The lowest BCUT2D eigenvalue weighted by molar-refractivity contribution is -0.136. The topological polar surface area (TPSA) is 74.6 Å². The summed E-state index contributed by atoms with van der Waals surface area (Å²) in [6.07, 6.45) is 7.03. The van der Waals surface area contributed by atoms with Crippen LogP contribution in [0.15, 0.2) is 22.8 Å². The third-order valence-electron chi connectivity index (χ3n) is 2.96. The van der Waals surface area contributed by atoms with Gasteiger partial charge < -0.3 is 10.2 Å². The van der Waals surface area contributed by atoms with E-state index in [2.05, 4.69) is 6.92 Å². The largest absolute Gasteiger partial charge is 0.481 e. The first-order valence-corrected chi connectivity index (χ1v) is 6.72. The lowest BCUT2D eigenvalue weighted by atomic mass is 9.98. The molecule has 0 aliphatic rings. The summed E-state index contributed by atoms with van der Waals surface area (Å²) in [5.74, 6) is -2.06. The Hall–Kier alpha value is -1.58. The van der Waals surface area contributed by atoms with Gasteiger partial charge in [-0.25, -0.2) is 4.79 Å². The molecule has 0 spiro atoms. The first-order chi connectivity index (χ1) is 8.90. The average Bonchev–Trinajstić information content (AvgIpc) is 2.27. The molecule has 0 radical (unpaired) electrons. The van der Waals surface area contributed by atoms with Crippen molar-refractivity contribution in [3.05, 3.63) is 22.8 Å². The van der Waals surface area contributed by atoms with Crippen LogP contribution in [-0.4, -0.2) is 22.2 Å². The molecule has 0 rings (SSSR count). The van der Waals surface area contributed by atoms with Crippen molar-refractivity contribution in [3.8, 4) is 0 Å². The van der Waals surface area contributed by atoms with Crippen molar-refractivity contribution in [1.29, 1.82) is 0 Å². The quantitative estimate of drug-likeness (QED) is 0.379. The highest BCUT2D eigenvalue weighted by Gasteiger charge is 2.15. The fraction of sp³-hybridized carbons (Fsp3) is 0.600. The molecule has 4 nitrogen and oxygen atoms in total. The van der Waals surface area contributed by atoms with Gasteiger partial charge in [-0.3, -0.25) is 4.79 Å². The standard InChI is InChI=1S/C15H24O4/c1-4-5-6-7-8-9-11(2)14(15(18)19)12(3)10-13(16)17/h9H,4-8,10H2,1-3H3,(H,16,17)(H,18,19)/b11-9+,14-12+. The minimum atomic E-state index is -1.05. The van der Waals surface area contributed by atoms with E-state index in [0.29, 0.717) is 11.1 Å². The summed E-state index contributed by atoms with van der Waals surface area (Å²) < 4.78 is 0. The third kappa shape index (κ3) is 7.44. The Bertz CT molecular complexity index is 378. The van der Waals surface area contributed by atoms with Crippen LogP contribution >= 0.6 is 0 Å². The molecule has 0 aliphatic carbocycles. The number of hydrogen-bond donors (Lipinski definition) is 2. The number of allylic oxidation sites excluding steroid dienone is 1. The predicted molar refractivity (Wildman–Crippen MR) is 75.1 cm³/mol. The van der Waals surface area contributed by atoms with Gasteiger partial charge in [0.1, 0.15) is 0 Å². The summed E-state index contributed by atoms with van der Waals surface area (Å²) in [6, 6.07) is 0. The Morgan fingerprint density at radius 2 is 1.68 bits per heavy atom. The molecule has 0 atom stereocenters. The smallest absolute Gasteiger partial charge is 0.335 e. The Labute approximate surface area is 114 Å². The number of unbranched alkanes of at least 4 members (excludes halogenated alkanes) is 4. The van der Waals surface area contributed by atoms with Crippen molar-refractivity contribution in [2.24, 2.45) is 0 Å². The summed E-state index contributed by atoms with van der Waals surface area (Å²) in [5.41, 5.74) is 1.18. The second kappa shape index (κ2) is 9.36. The van der Waals surface area contributed by atoms with E-state index < -0.39 is 11.9 Å². The second-order valence-electron chi connectivity index (χ2n) is 4.77. The molecule has 0 aromatic heterocycles. The third-order valence-corrected chi connectivity index (χ3v) is 2.96. The summed E-state index contributed by atoms with van der Waals surface area (Å²) in [7, 11) is 0. The molecule has 0 aromatic rings. The van der Waals surface area contributed by atoms with E-state index in [1.54, 1.807) is 13.8 Å². The molecule has 0 aromatic carbocycles. The number of carboxylic acid groups (broad SMARTS) is 2. The highest BCUT2D eigenvalue weighted by molar-refractivity contribution is 5.93. The van der Waals surface area contributed by atoms with E-state index in [1.807, 2.05) is 6.08 Å². The summed E-state index contributed by atoms with van der Waals surface area (Å²) in [6.45, 7) is 5.43. The van der Waals surface area contributed by atoms with Crippen molar-refractivity contribution in [2.45, 2.75) is 59.3 Å². The highest BCUT2D eigenvalue weighted by Crippen LogP contribution is 2.19. The van der Waals surface area contributed by atoms with Gasteiger partial charge in [0.05, 0.1) is 12.0 Å². The van der Waals surface area contributed by atoms with Gasteiger partial charge in [-0.05, 0) is 37.8 Å². The fourth-order valence-corrected chi connectivity index (χ4v) is 1.99. The summed E-state index contributed by atoms with van der Waals surface area (Å²) >= 11 is 0. The number of carbonyl (C=O) groups is 2. The maximum Gasteiger partial charge on any atom is 0.335 e. The van der Waals surface area contributed by atoms with Gasteiger partial charge in [-0.1, -0.05) is 32.3 Å². The van der Waals surface area contributed by atoms with E-state index in [-0.39, 0.29) is 12.0 Å². The molecule has 0 amide bonds. The normalized spacial score (nSPS) is 13.1. The zero-order valence-corrected chi connectivity index (χ0v) is 12.0. The SMILES string of the molecule is CCCCCC/C=C(C)/C(C(=O)O)=C(/C)CC(=O)O. The van der Waals surface area contributed by atoms with E-state index in [4.69, 9.17) is 5.11 Å². The summed E-state index contributed by atoms with van der Waals surface area (Å²) in [4.78, 5) is 21.9. The molecular formula is C15H24O4. The van der Waals surface area contributed by atoms with Gasteiger partial charge in [0.2, 0.25) is 0 Å². The van der Waals surface area contributed by atoms with Crippen molar-refractivity contribution in [1.82, 2.24) is 0 Å². The zero-order valence-electron chi connectivity index (χ0n) is 12.0. The maximum absolute atomic E-state index is 11.2. The van der Waals surface area contributed by atoms with Crippen LogP contribution in [0.4, 0.5) is 0 Å². The van der Waals surface area contributed by atoms with Crippen LogP contribution in [-0.2, 0) is 9.59 Å². The first kappa shape index (κ1) is 17.4. The number of hydrogen-bond acceptors (Lipinski definition) is 2. The predicted octanol–water partition coefficient (Wildman–Crippen LogP) is 3.78. The van der Waals surface area contributed by atoms with Gasteiger partial charge in [0, 0.05) is 0 Å². The Morgan fingerprint density at radius 3 is 2.16 bits per heavy atom. The summed E-state index contributed by atoms with van der Waals surface area (Å²) in [5, 5.41) is 17.9. The number of rotatable bonds is 9. The minimum absolute atomic E-state index is 0.137. The van der Waals surface area contributed by atoms with E-state index in [1.165, 1.54) is 12.8 Å². The van der Waals surface area contributed by atoms with E-state index >= 15 is 0 Å². The molecule has 19 heavy (non-hydrogen) atoms. The lowest BCUT2D eigenvalue weighted by Gasteiger charge is -2.07. The van der Waals surface area contributed by atoms with Crippen LogP contribution in [0.25, 0.3) is 0 Å². The van der Waals surface area contributed by atoms with Crippen molar-refractivity contribution in [2.75, 3.05) is 0 Å². The van der Waals surface area contributed by atoms with E-state index in [9.17, 15) is 14.7 Å². The molecule has 0 heterocycles. The van der Waals surface area contributed by atoms with Crippen LogP contribution in [0, 0.1) is 0 Å². The van der Waals surface area contributed by atoms with Crippen LogP contribution in [0.1, 0.15) is 59.3 Å². The lowest BCUT2D eigenvalue weighted by Crippen LogP contribution is -2.07. The monoisotopic (exact) mass is 268 g/mol. The molecule has 0 fully saturated rings. The van der Waals surface area contributed by atoms with Gasteiger partial charge in [-0.2, -0.15) is 0 Å². The van der Waals surface area contributed by atoms with Crippen LogP contribution in [0.2, 0.25) is 0 Å². The molecule has 0 unspecified atom stereocenters. The average molecular weight is 268 g/mol. The molecule has 108 valence electrons. The second-order valence-corrected chi connectivity index (χ2v) is 4.77. The number of carboxylic acids is 2. The molecule has 4 heteroatoms. The Kier molecular flexibility index (Phi) is 8.58. The van der Waals surface area contributed by atoms with E-state index in [0.717, 1.165) is 19.3 Å². The van der Waals surface area contributed by atoms with Crippen LogP contribution in [0.3, 0.4) is 0 Å². The van der Waals surface area contributed by atoms with Gasteiger partial charge in [0.25, 0.3) is 0 Å². The van der Waals surface area contributed by atoms with Gasteiger partial charge >= 0.3 is 11.9 Å². The van der Waals surface area contributed by atoms with Crippen molar-refractivity contribution in [3.63, 3.8) is 0 Å². The first-order valence-electron chi connectivity index (χ1n) is 6.72. The molecule has 0 saturated heterocycles. The molecule has 0 aliphatic heterocycles. The Morgan fingerprint density at radius 1 is 1.05 bits per heavy atom. The van der Waals surface area contributed by atoms with Crippen molar-refractivity contribution >= 4 is 11.9 Å². The fourth-order valence-electron chi connectivity index (χ4n) is 1.99. The molecule has 0 saturated carbocycles. The molecular weight excluding hydrogens is 244 g/mol. The highest BCUT2D eigenvalue weighted by atomic mass is 16.4. The molecule has 2 N–H and O–H groups in total. The van der Waals surface area contributed by atoms with Crippen molar-refractivity contribution < 1.29 is 19.8 Å². The minimum Gasteiger partial charge on any atom is -0.481 e. The molecule has 0 bridgehead atoms. The van der Waals surface area contributed by atoms with Gasteiger partial charge in [0.15, 0.2) is 0 Å². The van der Waals surface area contributed by atoms with Crippen LogP contribution in [0.5, 0.6) is 0 Å². The maximum atomic E-state index is 11.2. The zero-order chi connectivity index (χ0) is 14.8. The number of aliphatic carboxylic acids is 2. The Balaban J connectivity index is 4.75. The van der Waals surface area contributed by atoms with Crippen LogP contribution < -0.4 is 0 Å². The van der Waals surface area contributed by atoms with Gasteiger partial charge in [-0.15, -0.1) is 0 Å².